The van der Waals surface area contributed by atoms with Crippen LogP contribution in [0.4, 0.5) is 0 Å². The number of hydrogen-bond donors (Lipinski definition) is 1. The van der Waals surface area contributed by atoms with Gasteiger partial charge >= 0.3 is 0 Å². The van der Waals surface area contributed by atoms with Crippen molar-refractivity contribution in [2.45, 2.75) is 52.2 Å². The first-order valence-electron chi connectivity index (χ1n) is 8.00. The summed E-state index contributed by atoms with van der Waals surface area (Å²) >= 11 is 0. The number of benzene rings is 1. The summed E-state index contributed by atoms with van der Waals surface area (Å²) in [6, 6.07) is 10.2. The van der Waals surface area contributed by atoms with Gasteiger partial charge < -0.3 is 10.5 Å². The van der Waals surface area contributed by atoms with Crippen LogP contribution in [0, 0.1) is 17.8 Å². The molecule has 112 valence electrons. The van der Waals surface area contributed by atoms with E-state index in [1.54, 1.807) is 0 Å². The average Bonchev–Trinajstić information content (AvgIpc) is 2.45. The fourth-order valence-electron chi connectivity index (χ4n) is 3.33. The molecule has 0 aromatic heterocycles. The summed E-state index contributed by atoms with van der Waals surface area (Å²) in [5.74, 6) is 2.16. The van der Waals surface area contributed by atoms with Crippen molar-refractivity contribution < 1.29 is 4.74 Å². The number of ether oxygens (including phenoxy) is 1. The van der Waals surface area contributed by atoms with Crippen LogP contribution in [-0.2, 0) is 4.74 Å². The minimum absolute atomic E-state index is 0.0127. The van der Waals surface area contributed by atoms with Gasteiger partial charge in [-0.1, -0.05) is 57.5 Å². The van der Waals surface area contributed by atoms with E-state index in [0.717, 1.165) is 11.5 Å². The molecule has 1 aliphatic carbocycles. The third-order valence-corrected chi connectivity index (χ3v) is 4.68. The average molecular weight is 275 g/mol. The zero-order valence-corrected chi connectivity index (χ0v) is 13.1. The Balaban J connectivity index is 1.90. The molecule has 4 atom stereocenters. The van der Waals surface area contributed by atoms with Crippen LogP contribution in [0.15, 0.2) is 30.3 Å². The van der Waals surface area contributed by atoms with Gasteiger partial charge in [0.25, 0.3) is 0 Å². The Morgan fingerprint density at radius 2 is 1.90 bits per heavy atom. The lowest BCUT2D eigenvalue weighted by Gasteiger charge is -2.37. The lowest BCUT2D eigenvalue weighted by atomic mass is 9.75. The van der Waals surface area contributed by atoms with Crippen molar-refractivity contribution in [3.63, 3.8) is 0 Å². The molecule has 0 bridgehead atoms. The molecular weight excluding hydrogens is 246 g/mol. The largest absolute Gasteiger partial charge is 0.376 e. The topological polar surface area (TPSA) is 35.2 Å². The van der Waals surface area contributed by atoms with E-state index in [4.69, 9.17) is 10.5 Å². The van der Waals surface area contributed by atoms with Crippen molar-refractivity contribution in [2.75, 3.05) is 6.61 Å². The van der Waals surface area contributed by atoms with Gasteiger partial charge in [0.1, 0.15) is 0 Å². The van der Waals surface area contributed by atoms with E-state index in [9.17, 15) is 0 Å². The molecular formula is C18H29NO. The van der Waals surface area contributed by atoms with Gasteiger partial charge in [-0.2, -0.15) is 0 Å². The van der Waals surface area contributed by atoms with Crippen LogP contribution < -0.4 is 5.73 Å². The third kappa shape index (κ3) is 4.07. The predicted molar refractivity (Wildman–Crippen MR) is 84.5 cm³/mol. The molecule has 4 unspecified atom stereocenters. The number of rotatable bonds is 5. The lowest BCUT2D eigenvalue weighted by Crippen LogP contribution is -2.36. The van der Waals surface area contributed by atoms with Gasteiger partial charge in [-0.15, -0.1) is 0 Å². The summed E-state index contributed by atoms with van der Waals surface area (Å²) in [5, 5.41) is 0. The molecule has 0 amide bonds. The van der Waals surface area contributed by atoms with E-state index >= 15 is 0 Å². The molecule has 1 aromatic carbocycles. The maximum absolute atomic E-state index is 6.24. The second-order valence-corrected chi connectivity index (χ2v) is 6.72. The highest BCUT2D eigenvalue weighted by atomic mass is 16.5. The van der Waals surface area contributed by atoms with E-state index in [1.807, 2.05) is 18.2 Å². The predicted octanol–water partition coefficient (Wildman–Crippen LogP) is 4.16. The standard InChI is InChI=1S/C18H29NO/c1-13(2)16-10-9-14(3)11-18(16)20-12-17(19)15-7-5-4-6-8-15/h4-8,13-14,16-18H,9-12,19H2,1-3H3. The smallest absolute Gasteiger partial charge is 0.0663 e. The highest BCUT2D eigenvalue weighted by Crippen LogP contribution is 2.35. The quantitative estimate of drug-likeness (QED) is 0.875. The minimum Gasteiger partial charge on any atom is -0.376 e. The van der Waals surface area contributed by atoms with E-state index in [2.05, 4.69) is 32.9 Å². The van der Waals surface area contributed by atoms with Crippen LogP contribution in [0.3, 0.4) is 0 Å². The van der Waals surface area contributed by atoms with Gasteiger partial charge in [0.05, 0.1) is 18.8 Å². The molecule has 2 N–H and O–H groups in total. The highest BCUT2D eigenvalue weighted by Gasteiger charge is 2.31. The van der Waals surface area contributed by atoms with Crippen LogP contribution in [-0.4, -0.2) is 12.7 Å². The zero-order chi connectivity index (χ0) is 14.5. The maximum Gasteiger partial charge on any atom is 0.0663 e. The van der Waals surface area contributed by atoms with E-state index in [0.29, 0.717) is 24.5 Å². The minimum atomic E-state index is -0.0127. The Morgan fingerprint density at radius 3 is 2.55 bits per heavy atom. The van der Waals surface area contributed by atoms with E-state index < -0.39 is 0 Å². The van der Waals surface area contributed by atoms with E-state index in [1.165, 1.54) is 19.3 Å². The van der Waals surface area contributed by atoms with Crippen LogP contribution in [0.1, 0.15) is 51.6 Å². The fourth-order valence-corrected chi connectivity index (χ4v) is 3.33. The van der Waals surface area contributed by atoms with Crippen LogP contribution in [0.25, 0.3) is 0 Å². The summed E-state index contributed by atoms with van der Waals surface area (Å²) in [7, 11) is 0. The van der Waals surface area contributed by atoms with Crippen LogP contribution in [0.5, 0.6) is 0 Å². The number of hydrogen-bond acceptors (Lipinski definition) is 2. The molecule has 2 nitrogen and oxygen atoms in total. The molecule has 1 aromatic rings. The summed E-state index contributed by atoms with van der Waals surface area (Å²) in [6.07, 6.45) is 4.20. The van der Waals surface area contributed by atoms with Gasteiger partial charge in [0.2, 0.25) is 0 Å². The molecule has 1 fully saturated rings. The van der Waals surface area contributed by atoms with Gasteiger partial charge in [0.15, 0.2) is 0 Å². The molecule has 0 heterocycles. The van der Waals surface area contributed by atoms with E-state index in [-0.39, 0.29) is 6.04 Å². The SMILES string of the molecule is CC1CCC(C(C)C)C(OCC(N)c2ccccc2)C1. The van der Waals surface area contributed by atoms with Crippen molar-refractivity contribution in [1.82, 2.24) is 0 Å². The van der Waals surface area contributed by atoms with Crippen LogP contribution >= 0.6 is 0 Å². The van der Waals surface area contributed by atoms with Gasteiger partial charge in [-0.25, -0.2) is 0 Å². The molecule has 0 radical (unpaired) electrons. The summed E-state index contributed by atoms with van der Waals surface area (Å²) in [4.78, 5) is 0. The first-order chi connectivity index (χ1) is 9.58. The Hall–Kier alpha value is -0.860. The second-order valence-electron chi connectivity index (χ2n) is 6.72. The summed E-state index contributed by atoms with van der Waals surface area (Å²) in [6.45, 7) is 7.59. The molecule has 0 saturated heterocycles. The Kier molecular flexibility index (Phi) is 5.62. The lowest BCUT2D eigenvalue weighted by molar-refractivity contribution is -0.0431. The molecule has 2 heteroatoms. The molecule has 1 saturated carbocycles. The van der Waals surface area contributed by atoms with Crippen molar-refractivity contribution in [3.05, 3.63) is 35.9 Å². The normalized spacial score (nSPS) is 28.6. The first-order valence-corrected chi connectivity index (χ1v) is 8.00. The third-order valence-electron chi connectivity index (χ3n) is 4.68. The maximum atomic E-state index is 6.24. The second kappa shape index (κ2) is 7.24. The van der Waals surface area contributed by atoms with Crippen LogP contribution in [0.2, 0.25) is 0 Å². The zero-order valence-electron chi connectivity index (χ0n) is 13.1. The fraction of sp³-hybridized carbons (Fsp3) is 0.667. The molecule has 0 spiro atoms. The van der Waals surface area contributed by atoms with Gasteiger partial charge in [0, 0.05) is 0 Å². The molecule has 2 rings (SSSR count). The Labute approximate surface area is 123 Å². The Bertz CT molecular complexity index is 390. The van der Waals surface area contributed by atoms with Crippen molar-refractivity contribution in [1.29, 1.82) is 0 Å². The Morgan fingerprint density at radius 1 is 1.20 bits per heavy atom. The monoisotopic (exact) mass is 275 g/mol. The molecule has 1 aliphatic rings. The number of nitrogens with two attached hydrogens (primary N) is 1. The molecule has 0 aliphatic heterocycles. The summed E-state index contributed by atoms with van der Waals surface area (Å²) in [5.41, 5.74) is 7.41. The van der Waals surface area contributed by atoms with Gasteiger partial charge in [-0.05, 0) is 36.2 Å². The first kappa shape index (κ1) is 15.5. The highest BCUT2D eigenvalue weighted by molar-refractivity contribution is 5.18. The summed E-state index contributed by atoms with van der Waals surface area (Å²) < 4.78 is 6.22. The van der Waals surface area contributed by atoms with Crippen molar-refractivity contribution >= 4 is 0 Å². The van der Waals surface area contributed by atoms with Gasteiger partial charge in [-0.3, -0.25) is 0 Å². The van der Waals surface area contributed by atoms with Crippen molar-refractivity contribution in [2.24, 2.45) is 23.5 Å². The molecule has 20 heavy (non-hydrogen) atoms. The van der Waals surface area contributed by atoms with Crippen molar-refractivity contribution in [3.8, 4) is 0 Å².